The minimum absolute atomic E-state index is 0.120. The number of ether oxygens (including phenoxy) is 5. The van der Waals surface area contributed by atoms with Crippen molar-refractivity contribution in [2.75, 3.05) is 33.4 Å². The molecule has 2 atom stereocenters. The number of carbonyl (C=O) groups is 1. The molecule has 0 spiro atoms. The summed E-state index contributed by atoms with van der Waals surface area (Å²) in [6.07, 6.45) is 0.649. The van der Waals surface area contributed by atoms with Crippen molar-refractivity contribution in [2.45, 2.75) is 64.4 Å². The second-order valence-electron chi connectivity index (χ2n) is 11.3. The molecule has 3 aromatic rings. The lowest BCUT2D eigenvalue weighted by molar-refractivity contribution is -0.179. The van der Waals surface area contributed by atoms with Gasteiger partial charge in [0, 0.05) is 18.9 Å². The summed E-state index contributed by atoms with van der Waals surface area (Å²) >= 11 is 0. The third-order valence-electron chi connectivity index (χ3n) is 6.83. The zero-order valence-electron chi connectivity index (χ0n) is 25.1. The monoisotopic (exact) mass is 577 g/mol. The minimum Gasteiger partial charge on any atom is -0.497 e. The van der Waals surface area contributed by atoms with Crippen LogP contribution in [0.1, 0.15) is 56.2 Å². The lowest BCUT2D eigenvalue weighted by Crippen LogP contribution is -2.45. The summed E-state index contributed by atoms with van der Waals surface area (Å²) in [7, 11) is 1.65. The van der Waals surface area contributed by atoms with Gasteiger partial charge in [-0.1, -0.05) is 54.6 Å². The maximum atomic E-state index is 12.3. The fraction of sp³-hybridized carbons (Fsp3) is 0.441. The van der Waals surface area contributed by atoms with Gasteiger partial charge in [0.15, 0.2) is 0 Å². The van der Waals surface area contributed by atoms with Crippen LogP contribution in [0.25, 0.3) is 0 Å². The van der Waals surface area contributed by atoms with Crippen LogP contribution < -0.4 is 9.47 Å². The number of rotatable bonds is 13. The van der Waals surface area contributed by atoms with E-state index in [2.05, 4.69) is 24.3 Å². The van der Waals surface area contributed by atoms with Gasteiger partial charge >= 0.3 is 6.16 Å². The van der Waals surface area contributed by atoms with Crippen LogP contribution in [0.3, 0.4) is 0 Å². The molecule has 42 heavy (non-hydrogen) atoms. The molecule has 2 unspecified atom stereocenters. The summed E-state index contributed by atoms with van der Waals surface area (Å²) in [6, 6.07) is 26.2. The summed E-state index contributed by atoms with van der Waals surface area (Å²) in [5, 5.41) is 1.64. The van der Waals surface area contributed by atoms with Crippen LogP contribution in [0, 0.1) is 0 Å². The average Bonchev–Trinajstić information content (AvgIpc) is 2.98. The maximum absolute atomic E-state index is 12.3. The van der Waals surface area contributed by atoms with Crippen molar-refractivity contribution in [3.63, 3.8) is 0 Å². The van der Waals surface area contributed by atoms with Gasteiger partial charge in [-0.3, -0.25) is 0 Å². The highest BCUT2D eigenvalue weighted by Crippen LogP contribution is 2.33. The third kappa shape index (κ3) is 10.4. The Hall–Kier alpha value is -3.59. The second-order valence-corrected chi connectivity index (χ2v) is 11.3. The lowest BCUT2D eigenvalue weighted by Gasteiger charge is -2.37. The van der Waals surface area contributed by atoms with E-state index in [9.17, 15) is 4.79 Å². The molecule has 0 bridgehead atoms. The fourth-order valence-corrected chi connectivity index (χ4v) is 4.79. The van der Waals surface area contributed by atoms with Gasteiger partial charge in [0.1, 0.15) is 17.1 Å². The van der Waals surface area contributed by atoms with Crippen LogP contribution in [0.4, 0.5) is 4.79 Å². The maximum Gasteiger partial charge on any atom is 0.528 e. The van der Waals surface area contributed by atoms with Gasteiger partial charge in [0.2, 0.25) is 0 Å². The number of hydrogen-bond acceptors (Lipinski definition) is 8. The van der Waals surface area contributed by atoms with E-state index in [4.69, 9.17) is 28.5 Å². The number of nitrogens with zero attached hydrogens (tertiary/aromatic N) is 1. The molecule has 226 valence electrons. The molecule has 4 rings (SSSR count). The summed E-state index contributed by atoms with van der Waals surface area (Å²) in [5.41, 5.74) is 2.70. The van der Waals surface area contributed by atoms with Crippen molar-refractivity contribution in [2.24, 2.45) is 0 Å². The van der Waals surface area contributed by atoms with Crippen molar-refractivity contribution >= 4 is 6.16 Å². The summed E-state index contributed by atoms with van der Waals surface area (Å²) in [6.45, 7) is 8.68. The van der Waals surface area contributed by atoms with Crippen LogP contribution >= 0.6 is 0 Å². The highest BCUT2D eigenvalue weighted by atomic mass is 16.8. The van der Waals surface area contributed by atoms with Crippen molar-refractivity contribution < 1.29 is 33.3 Å². The Balaban J connectivity index is 1.31. The van der Waals surface area contributed by atoms with Crippen LogP contribution in [-0.2, 0) is 32.3 Å². The zero-order valence-corrected chi connectivity index (χ0v) is 25.1. The molecular weight excluding hydrogens is 534 g/mol. The van der Waals surface area contributed by atoms with Gasteiger partial charge in [-0.05, 0) is 68.1 Å². The van der Waals surface area contributed by atoms with Gasteiger partial charge in [-0.25, -0.2) is 4.79 Å². The number of benzene rings is 3. The topological polar surface area (TPSA) is 75.7 Å². The van der Waals surface area contributed by atoms with Crippen LogP contribution in [0.2, 0.25) is 0 Å². The Bertz CT molecular complexity index is 1230. The van der Waals surface area contributed by atoms with Crippen molar-refractivity contribution in [3.8, 4) is 11.5 Å². The predicted octanol–water partition coefficient (Wildman–Crippen LogP) is 6.92. The first-order valence-electron chi connectivity index (χ1n) is 14.5. The predicted molar refractivity (Wildman–Crippen MR) is 160 cm³/mol. The molecule has 0 saturated carbocycles. The fourth-order valence-electron chi connectivity index (χ4n) is 4.79. The lowest BCUT2D eigenvalue weighted by atomic mass is 9.87. The van der Waals surface area contributed by atoms with Gasteiger partial charge in [-0.15, -0.1) is 5.06 Å². The van der Waals surface area contributed by atoms with E-state index in [-0.39, 0.29) is 12.0 Å². The second kappa shape index (κ2) is 15.6. The Morgan fingerprint density at radius 3 is 2.38 bits per heavy atom. The highest BCUT2D eigenvalue weighted by Gasteiger charge is 2.34. The van der Waals surface area contributed by atoms with Crippen molar-refractivity contribution in [1.29, 1.82) is 0 Å². The smallest absolute Gasteiger partial charge is 0.497 e. The molecule has 3 aromatic carbocycles. The molecule has 0 amide bonds. The Labute approximate surface area is 249 Å². The first kappa shape index (κ1) is 31.3. The van der Waals surface area contributed by atoms with Crippen LogP contribution in [0.5, 0.6) is 11.5 Å². The largest absolute Gasteiger partial charge is 0.528 e. The Morgan fingerprint density at radius 2 is 1.64 bits per heavy atom. The standard InChI is InChI=1S/C34H43NO7/c1-34(2,3)41-33(36)42-35-19-18-31(32(23-35)40-25-27-12-8-13-30(22-27)37-4)28-14-16-29(17-15-28)39-21-9-20-38-24-26-10-6-5-7-11-26/h5-8,10-17,22,31-32H,9,18-21,23-25H2,1-4H3. The third-order valence-corrected chi connectivity index (χ3v) is 6.83. The number of hydroxylamine groups is 2. The number of piperidine rings is 1. The van der Waals surface area contributed by atoms with Crippen LogP contribution in [-0.4, -0.2) is 56.3 Å². The zero-order chi connectivity index (χ0) is 29.8. The van der Waals surface area contributed by atoms with Crippen molar-refractivity contribution in [1.82, 2.24) is 5.06 Å². The van der Waals surface area contributed by atoms with Gasteiger partial charge in [-0.2, -0.15) is 0 Å². The van der Waals surface area contributed by atoms with E-state index in [1.54, 1.807) is 12.2 Å². The number of carbonyl (C=O) groups excluding carboxylic acids is 1. The Morgan fingerprint density at radius 1 is 0.881 bits per heavy atom. The summed E-state index contributed by atoms with van der Waals surface area (Å²) in [4.78, 5) is 17.8. The molecule has 1 fully saturated rings. The highest BCUT2D eigenvalue weighted by molar-refractivity contribution is 5.60. The van der Waals surface area contributed by atoms with Crippen molar-refractivity contribution in [3.05, 3.63) is 95.6 Å². The van der Waals surface area contributed by atoms with E-state index in [1.165, 1.54) is 5.56 Å². The quantitative estimate of drug-likeness (QED) is 0.160. The molecule has 1 heterocycles. The summed E-state index contributed by atoms with van der Waals surface area (Å²) in [5.74, 6) is 1.72. The van der Waals surface area contributed by atoms with Gasteiger partial charge < -0.3 is 28.5 Å². The summed E-state index contributed by atoms with van der Waals surface area (Å²) < 4.78 is 28.8. The average molecular weight is 578 g/mol. The molecule has 0 aromatic heterocycles. The van der Waals surface area contributed by atoms with Crippen LogP contribution in [0.15, 0.2) is 78.9 Å². The molecule has 1 saturated heterocycles. The van der Waals surface area contributed by atoms with Gasteiger partial charge in [0.05, 0.1) is 46.2 Å². The van der Waals surface area contributed by atoms with E-state index in [0.717, 1.165) is 35.5 Å². The normalized spacial score (nSPS) is 17.4. The molecule has 0 radical (unpaired) electrons. The van der Waals surface area contributed by atoms with Gasteiger partial charge in [0.25, 0.3) is 0 Å². The SMILES string of the molecule is COc1cccc(COC2CN(OC(=O)OC(C)(C)C)CCC2c2ccc(OCCCOCc3ccccc3)cc2)c1. The van der Waals surface area contributed by atoms with E-state index in [0.29, 0.717) is 39.5 Å². The molecule has 8 heteroatoms. The number of methoxy groups -OCH3 is 1. The van der Waals surface area contributed by atoms with E-state index < -0.39 is 11.8 Å². The number of hydrogen-bond donors (Lipinski definition) is 0. The molecule has 8 nitrogen and oxygen atoms in total. The molecule has 0 N–H and O–H groups in total. The molecular formula is C34H43NO7. The van der Waals surface area contributed by atoms with E-state index >= 15 is 0 Å². The molecule has 1 aliphatic heterocycles. The minimum atomic E-state index is -0.709. The molecule has 1 aliphatic rings. The van der Waals surface area contributed by atoms with E-state index in [1.807, 2.05) is 75.4 Å². The Kier molecular flexibility index (Phi) is 11.6. The first-order valence-corrected chi connectivity index (χ1v) is 14.5. The molecule has 0 aliphatic carbocycles. The first-order chi connectivity index (χ1) is 20.3.